The monoisotopic (exact) mass is 453 g/mol. The van der Waals surface area contributed by atoms with E-state index in [0.29, 0.717) is 11.9 Å². The summed E-state index contributed by atoms with van der Waals surface area (Å²) >= 11 is 6.38. The third kappa shape index (κ3) is 3.46. The van der Waals surface area contributed by atoms with Crippen molar-refractivity contribution in [3.8, 4) is 5.69 Å². The summed E-state index contributed by atoms with van der Waals surface area (Å²) in [7, 11) is 0. The Balaban J connectivity index is 1.31. The Morgan fingerprint density at radius 3 is 2.53 bits per heavy atom. The maximum Gasteiger partial charge on any atom is 0.225 e. The molecule has 1 aromatic carbocycles. The third-order valence-corrected chi connectivity index (χ3v) is 7.45. The fraction of sp³-hybridized carbons (Fsp3) is 0.478. The summed E-state index contributed by atoms with van der Waals surface area (Å²) in [6, 6.07) is 6.15. The highest BCUT2D eigenvalue weighted by Gasteiger charge is 2.45. The van der Waals surface area contributed by atoms with Gasteiger partial charge in [-0.3, -0.25) is 9.47 Å². The molecule has 0 amide bonds. The van der Waals surface area contributed by atoms with Crippen LogP contribution in [-0.4, -0.2) is 48.3 Å². The van der Waals surface area contributed by atoms with Crippen LogP contribution in [0.1, 0.15) is 55.7 Å². The lowest BCUT2D eigenvalue weighted by Crippen LogP contribution is -2.35. The van der Waals surface area contributed by atoms with E-state index in [0.717, 1.165) is 61.4 Å². The summed E-state index contributed by atoms with van der Waals surface area (Å²) < 4.78 is 15.4. The maximum atomic E-state index is 13.2. The molecule has 3 aliphatic rings. The number of aromatic nitrogens is 5. The van der Waals surface area contributed by atoms with Gasteiger partial charge in [0.05, 0.1) is 24.6 Å². The van der Waals surface area contributed by atoms with E-state index in [9.17, 15) is 4.39 Å². The van der Waals surface area contributed by atoms with Gasteiger partial charge in [0.2, 0.25) is 5.95 Å². The van der Waals surface area contributed by atoms with E-state index in [1.807, 2.05) is 6.07 Å². The molecular weight excluding hydrogens is 429 g/mol. The molecule has 4 heterocycles. The largest absolute Gasteiger partial charge is 0.341 e. The quantitative estimate of drug-likeness (QED) is 0.595. The van der Waals surface area contributed by atoms with Gasteiger partial charge in [0, 0.05) is 36.1 Å². The predicted octanol–water partition coefficient (Wildman–Crippen LogP) is 4.10. The summed E-state index contributed by atoms with van der Waals surface area (Å²) in [5.74, 6) is 2.48. The van der Waals surface area contributed by atoms with Crippen molar-refractivity contribution in [2.24, 2.45) is 0 Å². The van der Waals surface area contributed by atoms with E-state index in [1.165, 1.54) is 30.8 Å². The van der Waals surface area contributed by atoms with Gasteiger partial charge >= 0.3 is 0 Å². The lowest BCUT2D eigenvalue weighted by molar-refractivity contribution is 0.170. The second-order valence-electron chi connectivity index (χ2n) is 9.40. The van der Waals surface area contributed by atoms with Crippen LogP contribution in [0.4, 0.5) is 10.3 Å². The summed E-state index contributed by atoms with van der Waals surface area (Å²) in [5, 5.41) is 10.1. The van der Waals surface area contributed by atoms with Crippen molar-refractivity contribution in [2.45, 2.75) is 57.2 Å². The molecule has 2 fully saturated rings. The fourth-order valence-electron chi connectivity index (χ4n) is 4.98. The number of anilines is 1. The zero-order valence-corrected chi connectivity index (χ0v) is 18.8. The zero-order chi connectivity index (χ0) is 21.9. The highest BCUT2D eigenvalue weighted by Crippen LogP contribution is 2.44. The van der Waals surface area contributed by atoms with E-state index in [1.54, 1.807) is 0 Å². The van der Waals surface area contributed by atoms with E-state index in [2.05, 4.69) is 53.6 Å². The van der Waals surface area contributed by atoms with Gasteiger partial charge in [-0.25, -0.2) is 14.4 Å². The Bertz CT molecular complexity index is 1150. The molecule has 2 aliphatic heterocycles. The Morgan fingerprint density at radius 1 is 1.06 bits per heavy atom. The molecule has 2 aromatic heterocycles. The third-order valence-electron chi connectivity index (χ3n) is 7.22. The number of piperidine rings is 1. The second-order valence-corrected chi connectivity index (χ2v) is 9.83. The van der Waals surface area contributed by atoms with Gasteiger partial charge in [-0.15, -0.1) is 10.2 Å². The zero-order valence-electron chi connectivity index (χ0n) is 18.0. The van der Waals surface area contributed by atoms with Gasteiger partial charge in [-0.05, 0) is 56.4 Å². The number of hydrogen-bond acceptors (Lipinski definition) is 6. The molecule has 0 N–H and O–H groups in total. The minimum absolute atomic E-state index is 0.237. The van der Waals surface area contributed by atoms with Crippen molar-refractivity contribution in [1.82, 2.24) is 29.6 Å². The number of nitrogens with zero attached hydrogens (tertiary/aromatic N) is 7. The summed E-state index contributed by atoms with van der Waals surface area (Å²) in [4.78, 5) is 12.9. The molecular formula is C23H25ClFN7. The van der Waals surface area contributed by atoms with Crippen molar-refractivity contribution in [3.05, 3.63) is 58.6 Å². The first-order valence-electron chi connectivity index (χ1n) is 11.2. The van der Waals surface area contributed by atoms with Crippen LogP contribution in [0.15, 0.2) is 30.6 Å². The van der Waals surface area contributed by atoms with E-state index in [4.69, 9.17) is 11.6 Å². The number of rotatable bonds is 3. The highest BCUT2D eigenvalue weighted by molar-refractivity contribution is 6.30. The fourth-order valence-corrected chi connectivity index (χ4v) is 5.17. The molecule has 9 heteroatoms. The molecule has 32 heavy (non-hydrogen) atoms. The molecule has 7 nitrogen and oxygen atoms in total. The van der Waals surface area contributed by atoms with Gasteiger partial charge in [-0.2, -0.15) is 0 Å². The van der Waals surface area contributed by atoms with Gasteiger partial charge < -0.3 is 4.90 Å². The Labute approximate surface area is 191 Å². The van der Waals surface area contributed by atoms with Crippen molar-refractivity contribution in [3.63, 3.8) is 0 Å². The van der Waals surface area contributed by atoms with Crippen LogP contribution in [0.5, 0.6) is 0 Å². The first-order valence-corrected chi connectivity index (χ1v) is 11.6. The first kappa shape index (κ1) is 20.1. The minimum atomic E-state index is -0.414. The molecule has 1 saturated carbocycles. The first-order chi connectivity index (χ1) is 15.5. The molecule has 1 saturated heterocycles. The van der Waals surface area contributed by atoms with Crippen molar-refractivity contribution >= 4 is 17.5 Å². The van der Waals surface area contributed by atoms with Gasteiger partial charge in [0.25, 0.3) is 0 Å². The SMILES string of the molecule is CC1(N2Cc3cc(Cl)ccc3-n3c(nnc3C3CCN(c4ncc(F)cn4)CC3)C2)CC1. The van der Waals surface area contributed by atoms with E-state index in [-0.39, 0.29) is 5.54 Å². The summed E-state index contributed by atoms with van der Waals surface area (Å²) in [6.45, 7) is 5.59. The number of fused-ring (bicyclic) bond motifs is 3. The summed E-state index contributed by atoms with van der Waals surface area (Å²) in [5.41, 5.74) is 2.60. The second kappa shape index (κ2) is 7.49. The molecule has 3 aromatic rings. The Hall–Kier alpha value is -2.58. The van der Waals surface area contributed by atoms with E-state index >= 15 is 0 Å². The molecule has 0 bridgehead atoms. The lowest BCUT2D eigenvalue weighted by atomic mass is 9.95. The van der Waals surface area contributed by atoms with Crippen LogP contribution in [-0.2, 0) is 13.1 Å². The van der Waals surface area contributed by atoms with Crippen LogP contribution in [0.2, 0.25) is 5.02 Å². The summed E-state index contributed by atoms with van der Waals surface area (Å²) in [6.07, 6.45) is 6.72. The Kier molecular flexibility index (Phi) is 4.69. The predicted molar refractivity (Wildman–Crippen MR) is 119 cm³/mol. The van der Waals surface area contributed by atoms with Crippen molar-refractivity contribution in [1.29, 1.82) is 0 Å². The number of benzene rings is 1. The average Bonchev–Trinajstić information content (AvgIpc) is 3.46. The maximum absolute atomic E-state index is 13.2. The lowest BCUT2D eigenvalue weighted by Gasteiger charge is -2.31. The highest BCUT2D eigenvalue weighted by atomic mass is 35.5. The van der Waals surface area contributed by atoms with Crippen LogP contribution in [0, 0.1) is 5.82 Å². The van der Waals surface area contributed by atoms with Crippen LogP contribution in [0.25, 0.3) is 5.69 Å². The van der Waals surface area contributed by atoms with Crippen LogP contribution >= 0.6 is 11.6 Å². The molecule has 0 unspecified atom stereocenters. The minimum Gasteiger partial charge on any atom is -0.341 e. The van der Waals surface area contributed by atoms with E-state index < -0.39 is 5.82 Å². The molecule has 0 radical (unpaired) electrons. The average molecular weight is 454 g/mol. The van der Waals surface area contributed by atoms with Gasteiger partial charge in [0.15, 0.2) is 11.6 Å². The molecule has 0 atom stereocenters. The normalized spacial score (nSPS) is 20.5. The van der Waals surface area contributed by atoms with Gasteiger partial charge in [-0.1, -0.05) is 11.6 Å². The van der Waals surface area contributed by atoms with Crippen molar-refractivity contribution in [2.75, 3.05) is 18.0 Å². The Morgan fingerprint density at radius 2 is 1.81 bits per heavy atom. The topological polar surface area (TPSA) is 63.0 Å². The van der Waals surface area contributed by atoms with Crippen molar-refractivity contribution < 1.29 is 4.39 Å². The molecule has 6 rings (SSSR count). The number of halogens is 2. The van der Waals surface area contributed by atoms with Crippen LogP contribution < -0.4 is 4.90 Å². The standard InChI is InChI=1S/C23H25ClFN7/c1-23(6-7-23)31-13-16-10-17(24)2-3-19(16)32-20(14-31)28-29-21(32)15-4-8-30(9-5-15)22-26-11-18(25)12-27-22/h2-3,10-12,15H,4-9,13-14H2,1H3. The number of hydrogen-bond donors (Lipinski definition) is 0. The van der Waals surface area contributed by atoms with Crippen LogP contribution in [0.3, 0.4) is 0 Å². The molecule has 0 spiro atoms. The van der Waals surface area contributed by atoms with Gasteiger partial charge in [0.1, 0.15) is 5.82 Å². The molecule has 166 valence electrons. The smallest absolute Gasteiger partial charge is 0.225 e. The molecule has 1 aliphatic carbocycles.